The van der Waals surface area contributed by atoms with E-state index in [2.05, 4.69) is 27.3 Å². The molecule has 0 unspecified atom stereocenters. The summed E-state index contributed by atoms with van der Waals surface area (Å²) in [4.78, 5) is 22.0. The van der Waals surface area contributed by atoms with Gasteiger partial charge in [-0.05, 0) is 48.4 Å². The smallest absolute Gasteiger partial charge is 0.240 e. The Morgan fingerprint density at radius 3 is 2.39 bits per heavy atom. The fourth-order valence-electron chi connectivity index (χ4n) is 4.81. The second-order valence-corrected chi connectivity index (χ2v) is 11.3. The standard InChI is InChI=1S/C29H30N4O4S/c34-25-11-9-22(10-12-25)19-27(29(35)33-17-15-32(16-18-33)24-6-2-1-3-7-24)31-21-38(36,37)28-8-4-5-23-20-30-14-13-26(23)28/h1-14,20,27,31,34H,15-19,21H2/t27-/m0/s1. The molecule has 3 aromatic carbocycles. The minimum atomic E-state index is -3.75. The van der Waals surface area contributed by atoms with E-state index in [0.717, 1.165) is 16.6 Å². The monoisotopic (exact) mass is 530 g/mol. The van der Waals surface area contributed by atoms with Gasteiger partial charge in [0, 0.05) is 55.0 Å². The van der Waals surface area contributed by atoms with Gasteiger partial charge in [-0.15, -0.1) is 0 Å². The number of aromatic hydroxyl groups is 1. The first-order chi connectivity index (χ1) is 18.4. The Morgan fingerprint density at radius 2 is 1.66 bits per heavy atom. The maximum atomic E-state index is 13.7. The van der Waals surface area contributed by atoms with E-state index >= 15 is 0 Å². The zero-order valence-corrected chi connectivity index (χ0v) is 21.7. The Labute approximate surface area is 222 Å². The van der Waals surface area contributed by atoms with Crippen LogP contribution in [-0.4, -0.2) is 67.4 Å². The van der Waals surface area contributed by atoms with Crippen molar-refractivity contribution in [3.05, 3.63) is 96.8 Å². The Balaban J connectivity index is 1.33. The quantitative estimate of drug-likeness (QED) is 0.361. The average Bonchev–Trinajstić information content (AvgIpc) is 2.96. The number of fused-ring (bicyclic) bond motifs is 1. The topological polar surface area (TPSA) is 103 Å². The minimum absolute atomic E-state index is 0.134. The van der Waals surface area contributed by atoms with E-state index in [1.807, 2.05) is 24.3 Å². The Hall–Kier alpha value is -3.95. The van der Waals surface area contributed by atoms with Crippen LogP contribution in [-0.2, 0) is 21.1 Å². The number of phenolic OH excluding ortho intramolecular Hbond substituents is 1. The van der Waals surface area contributed by atoms with Gasteiger partial charge in [0.2, 0.25) is 5.91 Å². The molecule has 0 radical (unpaired) electrons. The van der Waals surface area contributed by atoms with Gasteiger partial charge in [0.15, 0.2) is 9.84 Å². The number of carbonyl (C=O) groups is 1. The maximum Gasteiger partial charge on any atom is 0.240 e. The lowest BCUT2D eigenvalue weighted by atomic mass is 10.0. The molecule has 0 aliphatic carbocycles. The van der Waals surface area contributed by atoms with Gasteiger partial charge in [-0.1, -0.05) is 42.5 Å². The lowest BCUT2D eigenvalue weighted by Gasteiger charge is -2.37. The molecule has 0 bridgehead atoms. The van der Waals surface area contributed by atoms with Crippen molar-refractivity contribution in [3.8, 4) is 5.75 Å². The average molecular weight is 531 g/mol. The van der Waals surface area contributed by atoms with E-state index in [1.54, 1.807) is 59.8 Å². The first-order valence-corrected chi connectivity index (χ1v) is 14.2. The fraction of sp³-hybridized carbons (Fsp3) is 0.241. The molecule has 1 atom stereocenters. The molecule has 9 heteroatoms. The molecule has 2 N–H and O–H groups in total. The first kappa shape index (κ1) is 25.7. The number of anilines is 1. The molecule has 1 amide bonds. The number of sulfone groups is 1. The molecule has 8 nitrogen and oxygen atoms in total. The summed E-state index contributed by atoms with van der Waals surface area (Å²) in [5, 5.41) is 14.1. The molecule has 196 valence electrons. The predicted molar refractivity (Wildman–Crippen MR) is 148 cm³/mol. The van der Waals surface area contributed by atoms with Crippen molar-refractivity contribution >= 4 is 32.2 Å². The number of hydrogen-bond donors (Lipinski definition) is 2. The van der Waals surface area contributed by atoms with Gasteiger partial charge < -0.3 is 14.9 Å². The first-order valence-electron chi connectivity index (χ1n) is 12.6. The van der Waals surface area contributed by atoms with Crippen LogP contribution in [0.2, 0.25) is 0 Å². The molecule has 0 saturated carbocycles. The van der Waals surface area contributed by atoms with Gasteiger partial charge in [0.25, 0.3) is 0 Å². The van der Waals surface area contributed by atoms with Gasteiger partial charge >= 0.3 is 0 Å². The Bertz CT molecular complexity index is 1500. The van der Waals surface area contributed by atoms with Crippen LogP contribution in [0.15, 0.2) is 96.2 Å². The van der Waals surface area contributed by atoms with Gasteiger partial charge in [-0.25, -0.2) is 8.42 Å². The normalized spacial score (nSPS) is 14.9. The Morgan fingerprint density at radius 1 is 0.921 bits per heavy atom. The summed E-state index contributed by atoms with van der Waals surface area (Å²) in [7, 11) is -3.75. The molecule has 1 fully saturated rings. The number of carbonyl (C=O) groups excluding carboxylic acids is 1. The number of nitrogens with one attached hydrogen (secondary N) is 1. The molecule has 4 aromatic rings. The lowest BCUT2D eigenvalue weighted by molar-refractivity contribution is -0.133. The van der Waals surface area contributed by atoms with Crippen molar-refractivity contribution in [2.24, 2.45) is 0 Å². The second kappa shape index (κ2) is 11.2. The maximum absolute atomic E-state index is 13.7. The Kier molecular flexibility index (Phi) is 7.57. The van der Waals surface area contributed by atoms with E-state index in [-0.39, 0.29) is 22.4 Å². The highest BCUT2D eigenvalue weighted by atomic mass is 32.2. The summed E-state index contributed by atoms with van der Waals surface area (Å²) in [5.74, 6) is -0.384. The third-order valence-corrected chi connectivity index (χ3v) is 8.46. The number of para-hydroxylation sites is 1. The summed E-state index contributed by atoms with van der Waals surface area (Å²) < 4.78 is 26.8. The van der Waals surface area contributed by atoms with Crippen LogP contribution in [0.3, 0.4) is 0 Å². The number of pyridine rings is 1. The van der Waals surface area contributed by atoms with Crippen molar-refractivity contribution in [1.29, 1.82) is 0 Å². The lowest BCUT2D eigenvalue weighted by Crippen LogP contribution is -2.55. The molecule has 1 saturated heterocycles. The van der Waals surface area contributed by atoms with Gasteiger partial charge in [-0.2, -0.15) is 0 Å². The number of rotatable bonds is 8. The summed E-state index contributed by atoms with van der Waals surface area (Å²) in [6.45, 7) is 2.49. The van der Waals surface area contributed by atoms with Gasteiger partial charge in [-0.3, -0.25) is 15.1 Å². The van der Waals surface area contributed by atoms with Crippen molar-refractivity contribution in [2.45, 2.75) is 17.4 Å². The summed E-state index contributed by atoms with van der Waals surface area (Å²) >= 11 is 0. The zero-order valence-electron chi connectivity index (χ0n) is 20.9. The zero-order chi connectivity index (χ0) is 26.5. The van der Waals surface area contributed by atoms with Crippen molar-refractivity contribution in [2.75, 3.05) is 37.0 Å². The SMILES string of the molecule is O=C([C@H](Cc1ccc(O)cc1)NCS(=O)(=O)c1cccc2cnccc12)N1CCN(c2ccccc2)CC1. The van der Waals surface area contributed by atoms with Crippen LogP contribution in [0.4, 0.5) is 5.69 Å². The fourth-order valence-corrected chi connectivity index (χ4v) is 6.19. The highest BCUT2D eigenvalue weighted by Crippen LogP contribution is 2.23. The minimum Gasteiger partial charge on any atom is -0.508 e. The molecule has 1 aliphatic rings. The van der Waals surface area contributed by atoms with Gasteiger partial charge in [0.05, 0.1) is 10.9 Å². The predicted octanol–water partition coefficient (Wildman–Crippen LogP) is 3.22. The van der Waals surface area contributed by atoms with E-state index in [1.165, 1.54) is 0 Å². The molecular weight excluding hydrogens is 500 g/mol. The van der Waals surface area contributed by atoms with Crippen LogP contribution in [0.5, 0.6) is 5.75 Å². The number of hydrogen-bond acceptors (Lipinski definition) is 7. The number of benzene rings is 3. The summed E-state index contributed by atoms with van der Waals surface area (Å²) in [5.41, 5.74) is 1.94. The molecule has 1 aliphatic heterocycles. The molecule has 38 heavy (non-hydrogen) atoms. The van der Waals surface area contributed by atoms with Crippen molar-refractivity contribution < 1.29 is 18.3 Å². The van der Waals surface area contributed by atoms with Crippen LogP contribution in [0.1, 0.15) is 5.56 Å². The highest BCUT2D eigenvalue weighted by Gasteiger charge is 2.29. The highest BCUT2D eigenvalue weighted by molar-refractivity contribution is 7.91. The van der Waals surface area contributed by atoms with Crippen LogP contribution in [0, 0.1) is 0 Å². The third-order valence-electron chi connectivity index (χ3n) is 6.88. The van der Waals surface area contributed by atoms with E-state index in [4.69, 9.17) is 0 Å². The van der Waals surface area contributed by atoms with Crippen LogP contribution in [0.25, 0.3) is 10.8 Å². The van der Waals surface area contributed by atoms with Crippen LogP contribution >= 0.6 is 0 Å². The van der Waals surface area contributed by atoms with Gasteiger partial charge in [0.1, 0.15) is 11.6 Å². The summed E-state index contributed by atoms with van der Waals surface area (Å²) in [6.07, 6.45) is 3.50. The molecule has 5 rings (SSSR count). The van der Waals surface area contributed by atoms with Crippen LogP contribution < -0.4 is 10.2 Å². The number of nitrogens with zero attached hydrogens (tertiary/aromatic N) is 3. The molecule has 0 spiro atoms. The summed E-state index contributed by atoms with van der Waals surface area (Å²) in [6, 6.07) is 22.8. The number of piperazine rings is 1. The van der Waals surface area contributed by atoms with E-state index < -0.39 is 15.9 Å². The molecular formula is C29H30N4O4S. The largest absolute Gasteiger partial charge is 0.508 e. The van der Waals surface area contributed by atoms with Crippen molar-refractivity contribution in [1.82, 2.24) is 15.2 Å². The number of aromatic nitrogens is 1. The third kappa shape index (κ3) is 5.79. The molecule has 2 heterocycles. The molecule has 1 aromatic heterocycles. The van der Waals surface area contributed by atoms with E-state index in [0.29, 0.717) is 38.0 Å². The number of phenols is 1. The second-order valence-electron chi connectivity index (χ2n) is 9.39. The number of amides is 1. The van der Waals surface area contributed by atoms with Crippen molar-refractivity contribution in [3.63, 3.8) is 0 Å². The van der Waals surface area contributed by atoms with E-state index in [9.17, 15) is 18.3 Å².